The fraction of sp³-hybridized carbons (Fsp3) is 0.289. The predicted molar refractivity (Wildman–Crippen MR) is 177 cm³/mol. The van der Waals surface area contributed by atoms with Crippen molar-refractivity contribution >= 4 is 5.97 Å². The standard InChI is InChI=1S/C38H41N3O5/c1-43-28-29-45-37(42)34-23-11-12-24-35(34)44-26-14-13-25-41-30-36(39-40-41)38(32-19-7-3-8-20-32,33-21-9-4-10-22-33)46-27-15-18-31-16-5-2-6-17-31/h2-12,16-17,19-24,30H,13-15,18,25-29H2,1H3. The van der Waals surface area contributed by atoms with Gasteiger partial charge in [0.2, 0.25) is 0 Å². The highest BCUT2D eigenvalue weighted by Gasteiger charge is 2.40. The highest BCUT2D eigenvalue weighted by molar-refractivity contribution is 5.92. The van der Waals surface area contributed by atoms with E-state index in [4.69, 9.17) is 18.9 Å². The number of esters is 1. The first kappa shape index (κ1) is 32.6. The van der Waals surface area contributed by atoms with Gasteiger partial charge in [-0.2, -0.15) is 0 Å². The lowest BCUT2D eigenvalue weighted by Gasteiger charge is -2.33. The molecule has 4 aromatic carbocycles. The van der Waals surface area contributed by atoms with Gasteiger partial charge in [0.05, 0.1) is 19.4 Å². The number of methoxy groups -OCH3 is 1. The Hall–Kier alpha value is -4.79. The van der Waals surface area contributed by atoms with Crippen LogP contribution >= 0.6 is 0 Å². The Morgan fingerprint density at radius 3 is 2.07 bits per heavy atom. The minimum atomic E-state index is -0.915. The van der Waals surface area contributed by atoms with Gasteiger partial charge in [0.25, 0.3) is 0 Å². The number of benzene rings is 4. The third-order valence-electron chi connectivity index (χ3n) is 7.70. The van der Waals surface area contributed by atoms with Crippen LogP contribution in [0.4, 0.5) is 0 Å². The molecule has 0 aliphatic carbocycles. The zero-order chi connectivity index (χ0) is 31.9. The van der Waals surface area contributed by atoms with Crippen molar-refractivity contribution in [1.29, 1.82) is 0 Å². The van der Waals surface area contributed by atoms with E-state index in [-0.39, 0.29) is 6.61 Å². The first-order chi connectivity index (χ1) is 22.7. The van der Waals surface area contributed by atoms with Crippen LogP contribution in [-0.4, -0.2) is 54.5 Å². The Kier molecular flexibility index (Phi) is 12.1. The molecule has 0 aliphatic rings. The van der Waals surface area contributed by atoms with Crippen LogP contribution in [0.5, 0.6) is 5.75 Å². The largest absolute Gasteiger partial charge is 0.493 e. The molecule has 0 radical (unpaired) electrons. The summed E-state index contributed by atoms with van der Waals surface area (Å²) in [6, 6.07) is 38.1. The number of hydrogen-bond acceptors (Lipinski definition) is 7. The summed E-state index contributed by atoms with van der Waals surface area (Å²) in [7, 11) is 1.57. The van der Waals surface area contributed by atoms with Crippen molar-refractivity contribution in [2.24, 2.45) is 0 Å². The molecule has 0 saturated heterocycles. The molecule has 8 nitrogen and oxygen atoms in total. The molecule has 0 bridgehead atoms. The summed E-state index contributed by atoms with van der Waals surface area (Å²) in [6.45, 7) is 2.19. The minimum absolute atomic E-state index is 0.193. The normalized spacial score (nSPS) is 11.3. The molecule has 1 aromatic heterocycles. The highest BCUT2D eigenvalue weighted by Crippen LogP contribution is 2.39. The number of carbonyl (C=O) groups is 1. The van der Waals surface area contributed by atoms with Gasteiger partial charge in [-0.25, -0.2) is 4.79 Å². The van der Waals surface area contributed by atoms with Crippen molar-refractivity contribution in [3.63, 3.8) is 0 Å². The lowest BCUT2D eigenvalue weighted by atomic mass is 9.83. The van der Waals surface area contributed by atoms with Gasteiger partial charge in [-0.15, -0.1) is 5.10 Å². The van der Waals surface area contributed by atoms with E-state index in [1.165, 1.54) is 5.56 Å². The molecule has 1 heterocycles. The first-order valence-electron chi connectivity index (χ1n) is 15.8. The number of carbonyl (C=O) groups excluding carboxylic acids is 1. The van der Waals surface area contributed by atoms with Gasteiger partial charge >= 0.3 is 5.97 Å². The van der Waals surface area contributed by atoms with Gasteiger partial charge in [-0.05, 0) is 54.5 Å². The summed E-state index contributed by atoms with van der Waals surface area (Å²) in [4.78, 5) is 12.5. The van der Waals surface area contributed by atoms with Crippen LogP contribution in [0, 0.1) is 0 Å². The summed E-state index contributed by atoms with van der Waals surface area (Å²) in [5.74, 6) is 0.0817. The zero-order valence-electron chi connectivity index (χ0n) is 26.3. The third-order valence-corrected chi connectivity index (χ3v) is 7.70. The molecule has 0 atom stereocenters. The van der Waals surface area contributed by atoms with Gasteiger partial charge in [-0.3, -0.25) is 4.68 Å². The van der Waals surface area contributed by atoms with Crippen LogP contribution < -0.4 is 4.74 Å². The second kappa shape index (κ2) is 17.1. The number of aromatic nitrogens is 3. The molecule has 0 aliphatic heterocycles. The minimum Gasteiger partial charge on any atom is -0.493 e. The summed E-state index contributed by atoms with van der Waals surface area (Å²) in [5.41, 5.74) is 3.52. The maximum absolute atomic E-state index is 12.5. The summed E-state index contributed by atoms with van der Waals surface area (Å²) in [6.07, 6.45) is 5.36. The number of ether oxygens (including phenoxy) is 4. The molecule has 0 spiro atoms. The molecule has 0 saturated carbocycles. The van der Waals surface area contributed by atoms with Gasteiger partial charge in [0.1, 0.15) is 23.6 Å². The summed E-state index contributed by atoms with van der Waals surface area (Å²) in [5, 5.41) is 9.19. The maximum Gasteiger partial charge on any atom is 0.342 e. The topological polar surface area (TPSA) is 84.7 Å². The average Bonchev–Trinajstić information content (AvgIpc) is 3.59. The van der Waals surface area contributed by atoms with E-state index < -0.39 is 11.6 Å². The fourth-order valence-electron chi connectivity index (χ4n) is 5.38. The highest BCUT2D eigenvalue weighted by atomic mass is 16.6. The molecule has 0 fully saturated rings. The van der Waals surface area contributed by atoms with Crippen LogP contribution in [0.15, 0.2) is 121 Å². The van der Waals surface area contributed by atoms with Crippen molar-refractivity contribution < 1.29 is 23.7 Å². The number of hydrogen-bond donors (Lipinski definition) is 0. The summed E-state index contributed by atoms with van der Waals surface area (Å²) < 4.78 is 25.0. The Balaban J connectivity index is 1.25. The van der Waals surface area contributed by atoms with E-state index in [0.29, 0.717) is 37.7 Å². The number of unbranched alkanes of at least 4 members (excludes halogenated alkanes) is 1. The van der Waals surface area contributed by atoms with E-state index in [0.717, 1.165) is 42.5 Å². The molecular formula is C38H41N3O5. The Labute approximate surface area is 270 Å². The molecule has 46 heavy (non-hydrogen) atoms. The number of aryl methyl sites for hydroxylation is 2. The third kappa shape index (κ3) is 8.47. The average molecular weight is 620 g/mol. The second-order valence-corrected chi connectivity index (χ2v) is 10.9. The Morgan fingerprint density at radius 2 is 1.37 bits per heavy atom. The van der Waals surface area contributed by atoms with E-state index in [2.05, 4.69) is 58.8 Å². The van der Waals surface area contributed by atoms with Crippen molar-refractivity contribution in [1.82, 2.24) is 15.0 Å². The second-order valence-electron chi connectivity index (χ2n) is 10.9. The van der Waals surface area contributed by atoms with Crippen molar-refractivity contribution in [3.05, 3.63) is 149 Å². The lowest BCUT2D eigenvalue weighted by molar-refractivity contribution is 0.00849. The Bertz CT molecular complexity index is 1570. The number of nitrogens with zero attached hydrogens (tertiary/aromatic N) is 3. The van der Waals surface area contributed by atoms with Crippen molar-refractivity contribution in [2.75, 3.05) is 33.5 Å². The lowest BCUT2D eigenvalue weighted by Crippen LogP contribution is -2.34. The van der Waals surface area contributed by atoms with E-state index in [1.807, 2.05) is 59.4 Å². The monoisotopic (exact) mass is 619 g/mol. The van der Waals surface area contributed by atoms with E-state index >= 15 is 0 Å². The van der Waals surface area contributed by atoms with Gasteiger partial charge in [0, 0.05) is 20.3 Å². The molecular weight excluding hydrogens is 578 g/mol. The fourth-order valence-corrected chi connectivity index (χ4v) is 5.38. The molecule has 238 valence electrons. The van der Waals surface area contributed by atoms with Gasteiger partial charge in [-0.1, -0.05) is 108 Å². The van der Waals surface area contributed by atoms with Crippen LogP contribution in [-0.2, 0) is 32.8 Å². The van der Waals surface area contributed by atoms with E-state index in [1.54, 1.807) is 25.3 Å². The SMILES string of the molecule is COCCOC(=O)c1ccccc1OCCCCn1cc(C(OCCCc2ccccc2)(c2ccccc2)c2ccccc2)nn1. The van der Waals surface area contributed by atoms with Crippen LogP contribution in [0.3, 0.4) is 0 Å². The smallest absolute Gasteiger partial charge is 0.342 e. The molecule has 5 rings (SSSR count). The number of rotatable bonds is 18. The predicted octanol–water partition coefficient (Wildman–Crippen LogP) is 6.88. The van der Waals surface area contributed by atoms with Gasteiger partial charge in [0.15, 0.2) is 5.60 Å². The van der Waals surface area contributed by atoms with Crippen LogP contribution in [0.2, 0.25) is 0 Å². The molecule has 5 aromatic rings. The first-order valence-corrected chi connectivity index (χ1v) is 15.8. The van der Waals surface area contributed by atoms with Crippen molar-refractivity contribution in [2.45, 2.75) is 37.8 Å². The van der Waals surface area contributed by atoms with Gasteiger partial charge < -0.3 is 18.9 Å². The quantitative estimate of drug-likeness (QED) is 0.0781. The maximum atomic E-state index is 12.5. The zero-order valence-corrected chi connectivity index (χ0v) is 26.3. The molecule has 0 unspecified atom stereocenters. The van der Waals surface area contributed by atoms with E-state index in [9.17, 15) is 4.79 Å². The van der Waals surface area contributed by atoms with Crippen molar-refractivity contribution in [3.8, 4) is 5.75 Å². The van der Waals surface area contributed by atoms with Crippen LogP contribution in [0.25, 0.3) is 0 Å². The van der Waals surface area contributed by atoms with Crippen LogP contribution in [0.1, 0.15) is 52.0 Å². The molecule has 8 heteroatoms. The molecule has 0 N–H and O–H groups in total. The number of para-hydroxylation sites is 1. The Morgan fingerprint density at radius 1 is 0.717 bits per heavy atom. The molecule has 0 amide bonds. The summed E-state index contributed by atoms with van der Waals surface area (Å²) >= 11 is 0.